The lowest BCUT2D eigenvalue weighted by Crippen LogP contribution is -2.15. The van der Waals surface area contributed by atoms with Crippen LogP contribution in [-0.4, -0.2) is 27.8 Å². The van der Waals surface area contributed by atoms with Gasteiger partial charge in [-0.05, 0) is 17.3 Å². The fourth-order valence-corrected chi connectivity index (χ4v) is 1.66. The SMILES string of the molecule is COc1cccc(N)c1C(=O)Nc1nnns1. The third-order valence-electron chi connectivity index (χ3n) is 2.03. The van der Waals surface area contributed by atoms with E-state index < -0.39 is 5.91 Å². The maximum absolute atomic E-state index is 12.0. The Morgan fingerprint density at radius 3 is 3.00 bits per heavy atom. The third kappa shape index (κ3) is 2.31. The number of ether oxygens (including phenoxy) is 1. The maximum atomic E-state index is 12.0. The average Bonchev–Trinajstić information content (AvgIpc) is 2.81. The molecule has 0 aliphatic rings. The van der Waals surface area contributed by atoms with Gasteiger partial charge < -0.3 is 10.5 Å². The Balaban J connectivity index is 2.30. The molecule has 0 radical (unpaired) electrons. The standard InChI is InChI=1S/C9H9N5O2S/c1-16-6-4-2-3-5(10)7(6)8(15)11-9-12-13-14-17-9/h2-4H,10H2,1H3,(H,11,12,14,15). The fraction of sp³-hybridized carbons (Fsp3) is 0.111. The van der Waals surface area contributed by atoms with E-state index in [0.29, 0.717) is 16.6 Å². The van der Waals surface area contributed by atoms with Crippen LogP contribution >= 0.6 is 11.5 Å². The van der Waals surface area contributed by atoms with Crippen LogP contribution in [0.4, 0.5) is 10.8 Å². The molecule has 1 aromatic heterocycles. The number of nitrogens with zero attached hydrogens (tertiary/aromatic N) is 3. The van der Waals surface area contributed by atoms with Crippen molar-refractivity contribution in [1.29, 1.82) is 0 Å². The quantitative estimate of drug-likeness (QED) is 0.781. The molecule has 1 aromatic carbocycles. The number of benzene rings is 1. The Labute approximate surface area is 101 Å². The van der Waals surface area contributed by atoms with Crippen LogP contribution in [0.15, 0.2) is 18.2 Å². The molecule has 1 amide bonds. The van der Waals surface area contributed by atoms with E-state index in [1.165, 1.54) is 7.11 Å². The molecular formula is C9H9N5O2S. The number of amides is 1. The summed E-state index contributed by atoms with van der Waals surface area (Å²) in [6.45, 7) is 0. The van der Waals surface area contributed by atoms with Gasteiger partial charge in [0.15, 0.2) is 0 Å². The molecule has 0 saturated carbocycles. The second-order valence-electron chi connectivity index (χ2n) is 3.05. The molecule has 17 heavy (non-hydrogen) atoms. The molecular weight excluding hydrogens is 242 g/mol. The summed E-state index contributed by atoms with van der Waals surface area (Å²) in [4.78, 5) is 12.0. The predicted octanol–water partition coefficient (Wildman–Crippen LogP) is 0.776. The van der Waals surface area contributed by atoms with Crippen LogP contribution in [0.5, 0.6) is 5.75 Å². The molecule has 8 heteroatoms. The molecule has 88 valence electrons. The summed E-state index contributed by atoms with van der Waals surface area (Å²) < 4.78 is 8.61. The van der Waals surface area contributed by atoms with Crippen molar-refractivity contribution in [3.05, 3.63) is 23.8 Å². The van der Waals surface area contributed by atoms with E-state index in [-0.39, 0.29) is 5.56 Å². The van der Waals surface area contributed by atoms with Crippen LogP contribution < -0.4 is 15.8 Å². The number of nitrogens with two attached hydrogens (primary N) is 1. The summed E-state index contributed by atoms with van der Waals surface area (Å²) in [6.07, 6.45) is 0. The molecule has 0 spiro atoms. The van der Waals surface area contributed by atoms with E-state index in [2.05, 4.69) is 20.1 Å². The van der Waals surface area contributed by atoms with Crippen LogP contribution in [-0.2, 0) is 0 Å². The number of hydrogen-bond acceptors (Lipinski definition) is 7. The van der Waals surface area contributed by atoms with Gasteiger partial charge in [-0.15, -0.1) is 0 Å². The average molecular weight is 251 g/mol. The van der Waals surface area contributed by atoms with Gasteiger partial charge in [-0.2, -0.15) is 0 Å². The summed E-state index contributed by atoms with van der Waals surface area (Å²) in [5, 5.41) is 9.83. The second kappa shape index (κ2) is 4.74. The highest BCUT2D eigenvalue weighted by molar-refractivity contribution is 7.09. The highest BCUT2D eigenvalue weighted by Gasteiger charge is 2.16. The lowest BCUT2D eigenvalue weighted by Gasteiger charge is -2.09. The van der Waals surface area contributed by atoms with E-state index in [4.69, 9.17) is 10.5 Å². The first kappa shape index (κ1) is 11.3. The van der Waals surface area contributed by atoms with Crippen LogP contribution in [0, 0.1) is 0 Å². The first-order chi connectivity index (χ1) is 8.22. The van der Waals surface area contributed by atoms with E-state index in [1.807, 2.05) is 0 Å². The first-order valence-corrected chi connectivity index (χ1v) is 5.38. The van der Waals surface area contributed by atoms with E-state index in [1.54, 1.807) is 18.2 Å². The molecule has 0 aliphatic carbocycles. The molecule has 0 unspecified atom stereocenters. The van der Waals surface area contributed by atoms with Crippen molar-refractivity contribution in [2.45, 2.75) is 0 Å². The van der Waals surface area contributed by atoms with Gasteiger partial charge in [-0.1, -0.05) is 15.7 Å². The lowest BCUT2D eigenvalue weighted by atomic mass is 10.1. The molecule has 1 heterocycles. The highest BCUT2D eigenvalue weighted by atomic mass is 32.1. The molecule has 0 atom stereocenters. The Bertz CT molecular complexity index is 528. The number of nitrogen functional groups attached to an aromatic ring is 1. The van der Waals surface area contributed by atoms with Crippen LogP contribution in [0.3, 0.4) is 0 Å². The lowest BCUT2D eigenvalue weighted by molar-refractivity contribution is 0.102. The Morgan fingerprint density at radius 1 is 1.53 bits per heavy atom. The minimum Gasteiger partial charge on any atom is -0.496 e. The van der Waals surface area contributed by atoms with Crippen molar-refractivity contribution in [2.75, 3.05) is 18.2 Å². The number of rotatable bonds is 3. The van der Waals surface area contributed by atoms with Crippen molar-refractivity contribution in [3.8, 4) is 5.75 Å². The molecule has 0 bridgehead atoms. The van der Waals surface area contributed by atoms with Gasteiger partial charge >= 0.3 is 0 Å². The van der Waals surface area contributed by atoms with E-state index >= 15 is 0 Å². The van der Waals surface area contributed by atoms with Gasteiger partial charge in [-0.3, -0.25) is 10.1 Å². The zero-order chi connectivity index (χ0) is 12.3. The number of aromatic nitrogens is 3. The number of carbonyl (C=O) groups excluding carboxylic acids is 1. The number of anilines is 2. The predicted molar refractivity (Wildman–Crippen MR) is 63.1 cm³/mol. The van der Waals surface area contributed by atoms with Gasteiger partial charge in [0, 0.05) is 17.2 Å². The minimum absolute atomic E-state index is 0.269. The van der Waals surface area contributed by atoms with Crippen LogP contribution in [0.2, 0.25) is 0 Å². The van der Waals surface area contributed by atoms with Crippen LogP contribution in [0.1, 0.15) is 10.4 Å². The Kier molecular flexibility index (Phi) is 3.15. The van der Waals surface area contributed by atoms with Crippen molar-refractivity contribution < 1.29 is 9.53 Å². The number of carbonyl (C=O) groups is 1. The van der Waals surface area contributed by atoms with Gasteiger partial charge in [0.25, 0.3) is 5.91 Å². The summed E-state index contributed by atoms with van der Waals surface area (Å²) in [7, 11) is 1.47. The van der Waals surface area contributed by atoms with Crippen molar-refractivity contribution in [1.82, 2.24) is 14.8 Å². The van der Waals surface area contributed by atoms with Crippen molar-refractivity contribution in [2.24, 2.45) is 0 Å². The molecule has 2 rings (SSSR count). The summed E-state index contributed by atoms with van der Waals surface area (Å²) in [6, 6.07) is 4.98. The van der Waals surface area contributed by atoms with Crippen molar-refractivity contribution in [3.63, 3.8) is 0 Å². The van der Waals surface area contributed by atoms with Gasteiger partial charge in [0.1, 0.15) is 11.3 Å². The van der Waals surface area contributed by atoms with Gasteiger partial charge in [0.2, 0.25) is 5.13 Å². The number of hydrogen-bond donors (Lipinski definition) is 2. The van der Waals surface area contributed by atoms with Gasteiger partial charge in [0.05, 0.1) is 7.11 Å². The molecule has 7 nitrogen and oxygen atoms in total. The zero-order valence-electron chi connectivity index (χ0n) is 8.88. The monoisotopic (exact) mass is 251 g/mol. The molecule has 0 saturated heterocycles. The van der Waals surface area contributed by atoms with E-state index in [0.717, 1.165) is 11.5 Å². The van der Waals surface area contributed by atoms with Crippen LogP contribution in [0.25, 0.3) is 0 Å². The second-order valence-corrected chi connectivity index (χ2v) is 3.78. The minimum atomic E-state index is -0.404. The zero-order valence-corrected chi connectivity index (χ0v) is 9.69. The largest absolute Gasteiger partial charge is 0.496 e. The number of nitrogens with one attached hydrogen (secondary N) is 1. The van der Waals surface area contributed by atoms with Gasteiger partial charge in [-0.25, -0.2) is 0 Å². The third-order valence-corrected chi connectivity index (χ3v) is 2.54. The molecule has 0 aliphatic heterocycles. The Morgan fingerprint density at radius 2 is 2.35 bits per heavy atom. The summed E-state index contributed by atoms with van der Waals surface area (Å²) in [5.74, 6) is -0.00141. The topological polar surface area (TPSA) is 103 Å². The Hall–Kier alpha value is -2.22. The number of methoxy groups -OCH3 is 1. The smallest absolute Gasteiger partial charge is 0.263 e. The normalized spacial score (nSPS) is 9.94. The summed E-state index contributed by atoms with van der Waals surface area (Å²) >= 11 is 0.979. The fourth-order valence-electron chi connectivity index (χ4n) is 1.30. The molecule has 0 fully saturated rings. The molecule has 2 aromatic rings. The first-order valence-electron chi connectivity index (χ1n) is 4.61. The molecule has 3 N–H and O–H groups in total. The highest BCUT2D eigenvalue weighted by Crippen LogP contribution is 2.25. The van der Waals surface area contributed by atoms with Crippen molar-refractivity contribution >= 4 is 28.3 Å². The maximum Gasteiger partial charge on any atom is 0.263 e. The van der Waals surface area contributed by atoms with E-state index in [9.17, 15) is 4.79 Å². The summed E-state index contributed by atoms with van der Waals surface area (Å²) in [5.41, 5.74) is 6.34.